The Bertz CT molecular complexity index is 782. The summed E-state index contributed by atoms with van der Waals surface area (Å²) in [5, 5.41) is 2.63. The molecule has 2 aliphatic rings. The van der Waals surface area contributed by atoms with Crippen LogP contribution in [-0.4, -0.2) is 59.9 Å². The molecule has 0 aromatic heterocycles. The first-order chi connectivity index (χ1) is 13.7. The standard InChI is InChI=1S/C20H24F3N3O3/c21-20(22,23)13-26-12-16(10-18(26)28)19(29)24-8-3-6-17(27)25-9-7-14-4-1-2-5-15(14)11-25/h1-2,4-5,16H,3,6-13H2,(H,24,29). The predicted octanol–water partition coefficient (Wildman–Crippen LogP) is 1.88. The number of hydrogen-bond donors (Lipinski definition) is 1. The van der Waals surface area contributed by atoms with Crippen molar-refractivity contribution in [3.05, 3.63) is 35.4 Å². The molecule has 1 saturated heterocycles. The second-order valence-corrected chi connectivity index (χ2v) is 7.52. The van der Waals surface area contributed by atoms with Gasteiger partial charge >= 0.3 is 6.18 Å². The molecule has 3 amide bonds. The molecule has 0 bridgehead atoms. The van der Waals surface area contributed by atoms with Crippen LogP contribution >= 0.6 is 0 Å². The van der Waals surface area contributed by atoms with Crippen LogP contribution in [0.15, 0.2) is 24.3 Å². The first-order valence-corrected chi connectivity index (χ1v) is 9.70. The van der Waals surface area contributed by atoms with Crippen molar-refractivity contribution >= 4 is 17.7 Å². The van der Waals surface area contributed by atoms with E-state index in [9.17, 15) is 27.6 Å². The molecule has 158 valence electrons. The minimum atomic E-state index is -4.48. The average Bonchev–Trinajstić information content (AvgIpc) is 3.03. The highest BCUT2D eigenvalue weighted by Crippen LogP contribution is 2.24. The van der Waals surface area contributed by atoms with E-state index in [2.05, 4.69) is 11.4 Å². The molecule has 2 heterocycles. The fraction of sp³-hybridized carbons (Fsp3) is 0.550. The second-order valence-electron chi connectivity index (χ2n) is 7.52. The van der Waals surface area contributed by atoms with Gasteiger partial charge in [0.2, 0.25) is 17.7 Å². The lowest BCUT2D eigenvalue weighted by molar-refractivity contribution is -0.157. The van der Waals surface area contributed by atoms with Crippen LogP contribution in [0.2, 0.25) is 0 Å². The summed E-state index contributed by atoms with van der Waals surface area (Å²) >= 11 is 0. The summed E-state index contributed by atoms with van der Waals surface area (Å²) in [6.45, 7) is -0.0552. The Kier molecular flexibility index (Phi) is 6.44. The SMILES string of the molecule is O=C(NCCCC(=O)N1CCc2ccccc2C1)C1CC(=O)N(CC(F)(F)F)C1. The maximum Gasteiger partial charge on any atom is 0.406 e. The minimum absolute atomic E-state index is 0.0150. The van der Waals surface area contributed by atoms with E-state index < -0.39 is 30.5 Å². The molecular formula is C20H24F3N3O3. The third kappa shape index (κ3) is 5.71. The summed E-state index contributed by atoms with van der Waals surface area (Å²) in [5.41, 5.74) is 2.41. The molecule has 29 heavy (non-hydrogen) atoms. The van der Waals surface area contributed by atoms with Gasteiger partial charge in [-0.2, -0.15) is 13.2 Å². The number of rotatable bonds is 6. The van der Waals surface area contributed by atoms with E-state index in [1.54, 1.807) is 4.90 Å². The molecule has 3 rings (SSSR count). The molecule has 0 aliphatic carbocycles. The Labute approximate surface area is 167 Å². The lowest BCUT2D eigenvalue weighted by atomic mass is 9.99. The Morgan fingerprint density at radius 3 is 2.62 bits per heavy atom. The van der Waals surface area contributed by atoms with Crippen molar-refractivity contribution in [1.82, 2.24) is 15.1 Å². The number of carbonyl (C=O) groups is 3. The van der Waals surface area contributed by atoms with E-state index in [0.29, 0.717) is 24.4 Å². The van der Waals surface area contributed by atoms with E-state index in [0.717, 1.165) is 12.0 Å². The van der Waals surface area contributed by atoms with E-state index in [4.69, 9.17) is 0 Å². The van der Waals surface area contributed by atoms with Crippen LogP contribution in [0.25, 0.3) is 0 Å². The van der Waals surface area contributed by atoms with Crippen LogP contribution in [0.1, 0.15) is 30.4 Å². The number of hydrogen-bond acceptors (Lipinski definition) is 3. The van der Waals surface area contributed by atoms with Crippen molar-refractivity contribution in [2.75, 3.05) is 26.2 Å². The van der Waals surface area contributed by atoms with Gasteiger partial charge in [-0.1, -0.05) is 24.3 Å². The zero-order valence-electron chi connectivity index (χ0n) is 16.0. The van der Waals surface area contributed by atoms with Gasteiger partial charge in [-0.3, -0.25) is 14.4 Å². The number of benzene rings is 1. The number of alkyl halides is 3. The summed E-state index contributed by atoms with van der Waals surface area (Å²) in [5.74, 6) is -1.87. The van der Waals surface area contributed by atoms with Gasteiger partial charge in [0.15, 0.2) is 0 Å². The second kappa shape index (κ2) is 8.84. The van der Waals surface area contributed by atoms with Crippen LogP contribution < -0.4 is 5.32 Å². The van der Waals surface area contributed by atoms with E-state index in [1.807, 2.05) is 18.2 Å². The third-order valence-electron chi connectivity index (χ3n) is 5.31. The minimum Gasteiger partial charge on any atom is -0.356 e. The van der Waals surface area contributed by atoms with Crippen molar-refractivity contribution in [1.29, 1.82) is 0 Å². The van der Waals surface area contributed by atoms with Crippen molar-refractivity contribution in [2.24, 2.45) is 5.92 Å². The van der Waals surface area contributed by atoms with Gasteiger partial charge in [0, 0.05) is 39.0 Å². The molecule has 0 radical (unpaired) electrons. The molecule has 1 aromatic carbocycles. The lowest BCUT2D eigenvalue weighted by Gasteiger charge is -2.29. The zero-order chi connectivity index (χ0) is 21.0. The van der Waals surface area contributed by atoms with Crippen molar-refractivity contribution in [3.63, 3.8) is 0 Å². The fourth-order valence-corrected chi connectivity index (χ4v) is 3.78. The lowest BCUT2D eigenvalue weighted by Crippen LogP contribution is -2.38. The topological polar surface area (TPSA) is 69.7 Å². The fourth-order valence-electron chi connectivity index (χ4n) is 3.78. The van der Waals surface area contributed by atoms with Gasteiger partial charge in [0.25, 0.3) is 0 Å². The summed E-state index contributed by atoms with van der Waals surface area (Å²) in [6.07, 6.45) is -3.14. The Morgan fingerprint density at radius 1 is 1.17 bits per heavy atom. The van der Waals surface area contributed by atoms with Crippen molar-refractivity contribution in [2.45, 2.75) is 38.4 Å². The van der Waals surface area contributed by atoms with Gasteiger partial charge in [-0.25, -0.2) is 0 Å². The van der Waals surface area contributed by atoms with Gasteiger partial charge in [-0.05, 0) is 24.0 Å². The van der Waals surface area contributed by atoms with Crippen molar-refractivity contribution in [3.8, 4) is 0 Å². The first kappa shape index (κ1) is 21.1. The van der Waals surface area contributed by atoms with Gasteiger partial charge in [-0.15, -0.1) is 0 Å². The van der Waals surface area contributed by atoms with E-state index in [-0.39, 0.29) is 31.8 Å². The van der Waals surface area contributed by atoms with Gasteiger partial charge < -0.3 is 15.1 Å². The molecule has 2 aliphatic heterocycles. The Balaban J connectivity index is 1.37. The number of fused-ring (bicyclic) bond motifs is 1. The maximum atomic E-state index is 12.4. The summed E-state index contributed by atoms with van der Waals surface area (Å²) < 4.78 is 37.3. The largest absolute Gasteiger partial charge is 0.406 e. The highest BCUT2D eigenvalue weighted by molar-refractivity contribution is 5.89. The number of halogens is 3. The maximum absolute atomic E-state index is 12.4. The van der Waals surface area contributed by atoms with Crippen LogP contribution in [0.4, 0.5) is 13.2 Å². The molecule has 1 unspecified atom stereocenters. The molecule has 1 fully saturated rings. The van der Waals surface area contributed by atoms with E-state index in [1.165, 1.54) is 5.56 Å². The van der Waals surface area contributed by atoms with E-state index >= 15 is 0 Å². The number of carbonyl (C=O) groups excluding carboxylic acids is 3. The number of likely N-dealkylation sites (tertiary alicyclic amines) is 1. The molecule has 6 nitrogen and oxygen atoms in total. The molecule has 1 aromatic rings. The zero-order valence-corrected chi connectivity index (χ0v) is 16.0. The first-order valence-electron chi connectivity index (χ1n) is 9.70. The molecule has 9 heteroatoms. The van der Waals surface area contributed by atoms with Gasteiger partial charge in [0.05, 0.1) is 5.92 Å². The van der Waals surface area contributed by atoms with Gasteiger partial charge in [0.1, 0.15) is 6.54 Å². The highest BCUT2D eigenvalue weighted by Gasteiger charge is 2.40. The Morgan fingerprint density at radius 2 is 1.90 bits per heavy atom. The van der Waals surface area contributed by atoms with Crippen LogP contribution in [0.3, 0.4) is 0 Å². The molecule has 1 N–H and O–H groups in total. The van der Waals surface area contributed by atoms with Crippen LogP contribution in [0.5, 0.6) is 0 Å². The quantitative estimate of drug-likeness (QED) is 0.727. The molecule has 1 atom stereocenters. The monoisotopic (exact) mass is 411 g/mol. The van der Waals surface area contributed by atoms with Crippen LogP contribution in [-0.2, 0) is 27.3 Å². The number of nitrogens with zero attached hydrogens (tertiary/aromatic N) is 2. The summed E-state index contributed by atoms with van der Waals surface area (Å²) in [4.78, 5) is 38.6. The van der Waals surface area contributed by atoms with Crippen LogP contribution in [0, 0.1) is 5.92 Å². The third-order valence-corrected chi connectivity index (χ3v) is 5.31. The molecule has 0 saturated carbocycles. The molecular weight excluding hydrogens is 387 g/mol. The smallest absolute Gasteiger partial charge is 0.356 e. The van der Waals surface area contributed by atoms with Crippen molar-refractivity contribution < 1.29 is 27.6 Å². The average molecular weight is 411 g/mol. The highest BCUT2D eigenvalue weighted by atomic mass is 19.4. The normalized spacial score (nSPS) is 19.3. The number of amides is 3. The predicted molar refractivity (Wildman–Crippen MR) is 98.5 cm³/mol. The molecule has 0 spiro atoms. The summed E-state index contributed by atoms with van der Waals surface area (Å²) in [6, 6.07) is 8.02. The number of nitrogens with one attached hydrogen (secondary N) is 1. The Hall–Kier alpha value is -2.58. The summed E-state index contributed by atoms with van der Waals surface area (Å²) in [7, 11) is 0.